The van der Waals surface area contributed by atoms with Crippen molar-refractivity contribution in [3.8, 4) is 0 Å². The van der Waals surface area contributed by atoms with Crippen molar-refractivity contribution in [1.82, 2.24) is 0 Å². The predicted molar refractivity (Wildman–Crippen MR) is 56.5 cm³/mol. The number of hydrogen-bond acceptors (Lipinski definition) is 2. The summed E-state index contributed by atoms with van der Waals surface area (Å²) in [5.74, 6) is -0.663. The SMILES string of the molecule is O=C(O)C1(C2CCCC2O)CCCCC1. The van der Waals surface area contributed by atoms with E-state index < -0.39 is 11.4 Å². The van der Waals surface area contributed by atoms with Crippen LogP contribution in [-0.4, -0.2) is 22.3 Å². The first-order valence-corrected chi connectivity index (χ1v) is 6.08. The lowest BCUT2D eigenvalue weighted by Crippen LogP contribution is -2.43. The molecule has 2 saturated carbocycles. The van der Waals surface area contributed by atoms with Crippen LogP contribution in [0.5, 0.6) is 0 Å². The molecular formula is C12H20O3. The van der Waals surface area contributed by atoms with Gasteiger partial charge in [0, 0.05) is 5.92 Å². The van der Waals surface area contributed by atoms with Gasteiger partial charge < -0.3 is 10.2 Å². The number of hydrogen-bond donors (Lipinski definition) is 2. The van der Waals surface area contributed by atoms with E-state index in [2.05, 4.69) is 0 Å². The van der Waals surface area contributed by atoms with Crippen molar-refractivity contribution in [1.29, 1.82) is 0 Å². The van der Waals surface area contributed by atoms with Gasteiger partial charge in [-0.3, -0.25) is 4.79 Å². The zero-order valence-electron chi connectivity index (χ0n) is 9.11. The normalized spacial score (nSPS) is 35.3. The van der Waals surface area contributed by atoms with Crippen LogP contribution in [-0.2, 0) is 4.79 Å². The molecule has 2 aliphatic carbocycles. The quantitative estimate of drug-likeness (QED) is 0.737. The zero-order chi connectivity index (χ0) is 10.9. The van der Waals surface area contributed by atoms with Crippen LogP contribution in [0.1, 0.15) is 51.4 Å². The molecule has 2 atom stereocenters. The van der Waals surface area contributed by atoms with Crippen molar-refractivity contribution in [2.45, 2.75) is 57.5 Å². The summed E-state index contributed by atoms with van der Waals surface area (Å²) in [7, 11) is 0. The Kier molecular flexibility index (Phi) is 3.01. The van der Waals surface area contributed by atoms with E-state index in [0.717, 1.165) is 51.4 Å². The molecule has 0 aromatic rings. The molecule has 2 unspecified atom stereocenters. The van der Waals surface area contributed by atoms with E-state index in [1.807, 2.05) is 0 Å². The molecule has 2 aliphatic rings. The molecule has 3 nitrogen and oxygen atoms in total. The fraction of sp³-hybridized carbons (Fsp3) is 0.917. The lowest BCUT2D eigenvalue weighted by atomic mass is 9.64. The third kappa shape index (κ3) is 1.78. The first-order chi connectivity index (χ1) is 7.17. The summed E-state index contributed by atoms with van der Waals surface area (Å²) in [6.45, 7) is 0. The second kappa shape index (κ2) is 4.12. The largest absolute Gasteiger partial charge is 0.481 e. The summed E-state index contributed by atoms with van der Waals surface area (Å²) in [4.78, 5) is 11.5. The highest BCUT2D eigenvalue weighted by Gasteiger charge is 2.50. The maximum Gasteiger partial charge on any atom is 0.310 e. The Labute approximate surface area is 90.5 Å². The Hall–Kier alpha value is -0.570. The van der Waals surface area contributed by atoms with Crippen molar-refractivity contribution < 1.29 is 15.0 Å². The molecule has 0 saturated heterocycles. The lowest BCUT2D eigenvalue weighted by Gasteiger charge is -2.39. The summed E-state index contributed by atoms with van der Waals surface area (Å²) in [6, 6.07) is 0. The summed E-state index contributed by atoms with van der Waals surface area (Å²) in [5, 5.41) is 19.3. The molecule has 0 aromatic carbocycles. The summed E-state index contributed by atoms with van der Waals surface area (Å²) >= 11 is 0. The van der Waals surface area contributed by atoms with Crippen LogP contribution >= 0.6 is 0 Å². The molecule has 86 valence electrons. The highest BCUT2D eigenvalue weighted by Crippen LogP contribution is 2.49. The number of carboxylic acids is 1. The molecule has 2 fully saturated rings. The Morgan fingerprint density at radius 3 is 2.20 bits per heavy atom. The average Bonchev–Trinajstić information content (AvgIpc) is 2.66. The van der Waals surface area contributed by atoms with Gasteiger partial charge in [0.2, 0.25) is 0 Å². The van der Waals surface area contributed by atoms with Gasteiger partial charge in [-0.25, -0.2) is 0 Å². The van der Waals surface area contributed by atoms with E-state index in [0.29, 0.717) is 0 Å². The molecule has 0 radical (unpaired) electrons. The van der Waals surface area contributed by atoms with Gasteiger partial charge >= 0.3 is 5.97 Å². The topological polar surface area (TPSA) is 57.5 Å². The number of aliphatic carboxylic acids is 1. The number of carboxylic acid groups (broad SMARTS) is 1. The number of aliphatic hydroxyl groups is 1. The molecular weight excluding hydrogens is 192 g/mol. The number of aliphatic hydroxyl groups excluding tert-OH is 1. The Bertz CT molecular complexity index is 243. The summed E-state index contributed by atoms with van der Waals surface area (Å²) < 4.78 is 0. The number of rotatable bonds is 2. The van der Waals surface area contributed by atoms with Gasteiger partial charge in [0.25, 0.3) is 0 Å². The van der Waals surface area contributed by atoms with Gasteiger partial charge in [-0.05, 0) is 25.7 Å². The van der Waals surface area contributed by atoms with Crippen molar-refractivity contribution in [3.63, 3.8) is 0 Å². The van der Waals surface area contributed by atoms with Gasteiger partial charge in [0.05, 0.1) is 11.5 Å². The van der Waals surface area contributed by atoms with Gasteiger partial charge in [0.15, 0.2) is 0 Å². The molecule has 0 heterocycles. The Morgan fingerprint density at radius 2 is 1.73 bits per heavy atom. The number of carbonyl (C=O) groups is 1. The second-order valence-corrected chi connectivity index (χ2v) is 5.13. The highest BCUT2D eigenvalue weighted by atomic mass is 16.4. The first kappa shape index (κ1) is 10.9. The van der Waals surface area contributed by atoms with Gasteiger partial charge in [-0.1, -0.05) is 25.7 Å². The molecule has 0 spiro atoms. The smallest absolute Gasteiger partial charge is 0.310 e. The first-order valence-electron chi connectivity index (χ1n) is 6.08. The van der Waals surface area contributed by atoms with E-state index in [-0.39, 0.29) is 12.0 Å². The van der Waals surface area contributed by atoms with Gasteiger partial charge in [-0.2, -0.15) is 0 Å². The second-order valence-electron chi connectivity index (χ2n) is 5.13. The van der Waals surface area contributed by atoms with Crippen molar-refractivity contribution in [2.24, 2.45) is 11.3 Å². The maximum atomic E-state index is 11.5. The predicted octanol–water partition coefficient (Wildman–Crippen LogP) is 2.18. The molecule has 15 heavy (non-hydrogen) atoms. The molecule has 0 aromatic heterocycles. The summed E-state index contributed by atoms with van der Waals surface area (Å²) in [5.41, 5.74) is -0.603. The van der Waals surface area contributed by atoms with E-state index in [9.17, 15) is 15.0 Å². The third-order valence-corrected chi connectivity index (χ3v) is 4.36. The third-order valence-electron chi connectivity index (χ3n) is 4.36. The van der Waals surface area contributed by atoms with Crippen LogP contribution in [0.25, 0.3) is 0 Å². The van der Waals surface area contributed by atoms with Crippen LogP contribution in [0.2, 0.25) is 0 Å². The van der Waals surface area contributed by atoms with Crippen LogP contribution in [0.4, 0.5) is 0 Å². The molecule has 0 bridgehead atoms. The van der Waals surface area contributed by atoms with Crippen molar-refractivity contribution in [2.75, 3.05) is 0 Å². The zero-order valence-corrected chi connectivity index (χ0v) is 9.11. The minimum Gasteiger partial charge on any atom is -0.481 e. The minimum absolute atomic E-state index is 0.00954. The monoisotopic (exact) mass is 212 g/mol. The molecule has 2 N–H and O–H groups in total. The van der Waals surface area contributed by atoms with Gasteiger partial charge in [-0.15, -0.1) is 0 Å². The fourth-order valence-corrected chi connectivity index (χ4v) is 3.51. The average molecular weight is 212 g/mol. The minimum atomic E-state index is -0.673. The molecule has 0 amide bonds. The summed E-state index contributed by atoms with van der Waals surface area (Å²) in [6.07, 6.45) is 7.00. The lowest BCUT2D eigenvalue weighted by molar-refractivity contribution is -0.158. The fourth-order valence-electron chi connectivity index (χ4n) is 3.51. The molecule has 2 rings (SSSR count). The van der Waals surface area contributed by atoms with Crippen LogP contribution in [0.3, 0.4) is 0 Å². The van der Waals surface area contributed by atoms with Gasteiger partial charge in [0.1, 0.15) is 0 Å². The Morgan fingerprint density at radius 1 is 1.07 bits per heavy atom. The molecule has 3 heteroatoms. The van der Waals surface area contributed by atoms with Crippen molar-refractivity contribution >= 4 is 5.97 Å². The van der Waals surface area contributed by atoms with Crippen LogP contribution < -0.4 is 0 Å². The van der Waals surface area contributed by atoms with E-state index in [4.69, 9.17) is 0 Å². The maximum absolute atomic E-state index is 11.5. The van der Waals surface area contributed by atoms with E-state index in [1.165, 1.54) is 0 Å². The van der Waals surface area contributed by atoms with Crippen molar-refractivity contribution in [3.05, 3.63) is 0 Å². The molecule has 0 aliphatic heterocycles. The van der Waals surface area contributed by atoms with E-state index in [1.54, 1.807) is 0 Å². The van der Waals surface area contributed by atoms with Crippen LogP contribution in [0, 0.1) is 11.3 Å². The van der Waals surface area contributed by atoms with Crippen LogP contribution in [0.15, 0.2) is 0 Å². The Balaban J connectivity index is 2.20. The highest BCUT2D eigenvalue weighted by molar-refractivity contribution is 5.75. The standard InChI is InChI=1S/C12H20O3/c13-10-6-4-5-9(10)12(11(14)15)7-2-1-3-8-12/h9-10,13H,1-8H2,(H,14,15). The van der Waals surface area contributed by atoms with E-state index >= 15 is 0 Å².